The largest absolute Gasteiger partial charge is 0.356 e. The zero-order valence-electron chi connectivity index (χ0n) is 10.1. The molecule has 5 heteroatoms. The molecule has 0 aromatic carbocycles. The summed E-state index contributed by atoms with van der Waals surface area (Å²) in [6.45, 7) is 6.12. The molecule has 0 amide bonds. The van der Waals surface area contributed by atoms with Gasteiger partial charge in [-0.15, -0.1) is 22.9 Å². The third kappa shape index (κ3) is 2.53. The topological polar surface area (TPSA) is 29.0 Å². The second-order valence-electron chi connectivity index (χ2n) is 3.92. The van der Waals surface area contributed by atoms with E-state index in [1.54, 1.807) is 17.7 Å². The normalized spacial score (nSPS) is 11.0. The van der Waals surface area contributed by atoms with Crippen molar-refractivity contribution in [3.8, 4) is 0 Å². The summed E-state index contributed by atoms with van der Waals surface area (Å²) in [6.07, 6.45) is 2.63. The highest BCUT2D eigenvalue weighted by Gasteiger charge is 2.13. The van der Waals surface area contributed by atoms with Crippen LogP contribution in [0.5, 0.6) is 0 Å². The van der Waals surface area contributed by atoms with Crippen LogP contribution in [0.25, 0.3) is 10.2 Å². The summed E-state index contributed by atoms with van der Waals surface area (Å²) in [5, 5.41) is 2.14. The van der Waals surface area contributed by atoms with E-state index in [2.05, 4.69) is 34.1 Å². The van der Waals surface area contributed by atoms with Crippen LogP contribution >= 0.6 is 22.9 Å². The zero-order valence-corrected chi connectivity index (χ0v) is 11.7. The van der Waals surface area contributed by atoms with Crippen molar-refractivity contribution in [3.63, 3.8) is 0 Å². The van der Waals surface area contributed by atoms with Crippen molar-refractivity contribution in [1.82, 2.24) is 9.97 Å². The van der Waals surface area contributed by atoms with Crippen LogP contribution < -0.4 is 4.90 Å². The highest BCUT2D eigenvalue weighted by atomic mass is 35.5. The summed E-state index contributed by atoms with van der Waals surface area (Å²) in [6, 6.07) is 0. The molecule has 92 valence electrons. The maximum absolute atomic E-state index is 5.76. The second kappa shape index (κ2) is 5.65. The van der Waals surface area contributed by atoms with Gasteiger partial charge in [-0.05, 0) is 31.2 Å². The fraction of sp³-hybridized carbons (Fsp3) is 0.500. The van der Waals surface area contributed by atoms with Gasteiger partial charge in [0.15, 0.2) is 0 Å². The lowest BCUT2D eigenvalue weighted by molar-refractivity contribution is 0.784. The third-order valence-corrected chi connectivity index (χ3v) is 4.11. The Kier molecular flexibility index (Phi) is 4.18. The van der Waals surface area contributed by atoms with E-state index >= 15 is 0 Å². The first-order valence-electron chi connectivity index (χ1n) is 5.77. The number of anilines is 1. The SMILES string of the molecule is CCN(CCCCl)c1ncnc2c(C)csc12. The van der Waals surface area contributed by atoms with E-state index in [1.165, 1.54) is 10.3 Å². The molecule has 2 rings (SSSR count). The summed E-state index contributed by atoms with van der Waals surface area (Å²) in [7, 11) is 0. The Bertz CT molecular complexity index is 497. The van der Waals surface area contributed by atoms with Gasteiger partial charge in [0.1, 0.15) is 12.1 Å². The van der Waals surface area contributed by atoms with Gasteiger partial charge in [-0.3, -0.25) is 0 Å². The smallest absolute Gasteiger partial charge is 0.150 e. The van der Waals surface area contributed by atoms with E-state index in [4.69, 9.17) is 11.6 Å². The van der Waals surface area contributed by atoms with Gasteiger partial charge in [0.2, 0.25) is 0 Å². The molecule has 3 nitrogen and oxygen atoms in total. The summed E-state index contributed by atoms with van der Waals surface area (Å²) in [5.74, 6) is 1.73. The minimum Gasteiger partial charge on any atom is -0.356 e. The van der Waals surface area contributed by atoms with Crippen molar-refractivity contribution in [3.05, 3.63) is 17.3 Å². The van der Waals surface area contributed by atoms with Gasteiger partial charge < -0.3 is 4.90 Å². The Labute approximate surface area is 110 Å². The Morgan fingerprint density at radius 3 is 2.94 bits per heavy atom. The Morgan fingerprint density at radius 1 is 1.41 bits per heavy atom. The first-order valence-corrected chi connectivity index (χ1v) is 7.19. The molecule has 0 saturated heterocycles. The molecule has 0 saturated carbocycles. The molecule has 0 atom stereocenters. The Balaban J connectivity index is 2.39. The molecule has 0 aliphatic carbocycles. The van der Waals surface area contributed by atoms with Gasteiger partial charge in [-0.2, -0.15) is 0 Å². The van der Waals surface area contributed by atoms with Gasteiger partial charge in [-0.1, -0.05) is 0 Å². The predicted octanol–water partition coefficient (Wildman–Crippen LogP) is 3.45. The Hall–Kier alpha value is -0.870. The quantitative estimate of drug-likeness (QED) is 0.779. The summed E-state index contributed by atoms with van der Waals surface area (Å²) >= 11 is 7.47. The molecule has 2 aromatic heterocycles. The van der Waals surface area contributed by atoms with Crippen LogP contribution in [0, 0.1) is 6.92 Å². The maximum Gasteiger partial charge on any atom is 0.150 e. The van der Waals surface area contributed by atoms with Crippen molar-refractivity contribution >= 4 is 39.0 Å². The molecular formula is C12H16ClN3S. The van der Waals surface area contributed by atoms with E-state index < -0.39 is 0 Å². The van der Waals surface area contributed by atoms with Crippen LogP contribution in [0.1, 0.15) is 18.9 Å². The molecule has 0 radical (unpaired) electrons. The molecular weight excluding hydrogens is 254 g/mol. The first-order chi connectivity index (χ1) is 8.27. The number of thiophene rings is 1. The molecule has 0 unspecified atom stereocenters. The fourth-order valence-electron chi connectivity index (χ4n) is 1.85. The van der Waals surface area contributed by atoms with Crippen LogP contribution in [0.15, 0.2) is 11.7 Å². The number of hydrogen-bond acceptors (Lipinski definition) is 4. The van der Waals surface area contributed by atoms with E-state index in [0.29, 0.717) is 5.88 Å². The van der Waals surface area contributed by atoms with Gasteiger partial charge in [-0.25, -0.2) is 9.97 Å². The van der Waals surface area contributed by atoms with E-state index in [0.717, 1.165) is 30.8 Å². The molecule has 17 heavy (non-hydrogen) atoms. The lowest BCUT2D eigenvalue weighted by Crippen LogP contribution is -2.25. The number of nitrogens with zero attached hydrogens (tertiary/aromatic N) is 3. The lowest BCUT2D eigenvalue weighted by Gasteiger charge is -2.21. The van der Waals surface area contributed by atoms with E-state index in [9.17, 15) is 0 Å². The molecule has 0 fully saturated rings. The minimum atomic E-state index is 0.689. The van der Waals surface area contributed by atoms with Gasteiger partial charge in [0.05, 0.1) is 10.2 Å². The van der Waals surface area contributed by atoms with Crippen LogP contribution in [0.3, 0.4) is 0 Å². The number of rotatable bonds is 5. The maximum atomic E-state index is 5.76. The lowest BCUT2D eigenvalue weighted by atomic mass is 10.3. The van der Waals surface area contributed by atoms with Crippen LogP contribution in [0.2, 0.25) is 0 Å². The zero-order chi connectivity index (χ0) is 12.3. The molecule has 2 aromatic rings. The van der Waals surface area contributed by atoms with Crippen molar-refractivity contribution in [2.45, 2.75) is 20.3 Å². The molecule has 0 bridgehead atoms. The van der Waals surface area contributed by atoms with Crippen molar-refractivity contribution in [1.29, 1.82) is 0 Å². The van der Waals surface area contributed by atoms with Gasteiger partial charge >= 0.3 is 0 Å². The number of aryl methyl sites for hydroxylation is 1. The fourth-order valence-corrected chi connectivity index (χ4v) is 2.98. The number of aromatic nitrogens is 2. The number of halogens is 1. The second-order valence-corrected chi connectivity index (χ2v) is 5.17. The standard InChI is InChI=1S/C12H16ClN3S/c1-3-16(6-4-5-13)12-11-10(14-8-15-12)9(2)7-17-11/h7-8H,3-6H2,1-2H3. The predicted molar refractivity (Wildman–Crippen MR) is 75.4 cm³/mol. The highest BCUT2D eigenvalue weighted by molar-refractivity contribution is 7.18. The van der Waals surface area contributed by atoms with E-state index in [1.807, 2.05) is 0 Å². The van der Waals surface area contributed by atoms with Crippen molar-refractivity contribution in [2.24, 2.45) is 0 Å². The van der Waals surface area contributed by atoms with Crippen molar-refractivity contribution in [2.75, 3.05) is 23.9 Å². The Morgan fingerprint density at radius 2 is 2.24 bits per heavy atom. The third-order valence-electron chi connectivity index (χ3n) is 2.76. The summed E-state index contributed by atoms with van der Waals surface area (Å²) < 4.78 is 1.18. The monoisotopic (exact) mass is 269 g/mol. The van der Waals surface area contributed by atoms with Crippen molar-refractivity contribution < 1.29 is 0 Å². The van der Waals surface area contributed by atoms with Crippen LogP contribution in [-0.2, 0) is 0 Å². The van der Waals surface area contributed by atoms with Crippen LogP contribution in [-0.4, -0.2) is 28.9 Å². The van der Waals surface area contributed by atoms with Gasteiger partial charge in [0.25, 0.3) is 0 Å². The molecule has 0 aliphatic heterocycles. The number of hydrogen-bond donors (Lipinski definition) is 0. The summed E-state index contributed by atoms with van der Waals surface area (Å²) in [4.78, 5) is 11.0. The first kappa shape index (κ1) is 12.6. The average molecular weight is 270 g/mol. The van der Waals surface area contributed by atoms with Crippen LogP contribution in [0.4, 0.5) is 5.82 Å². The molecule has 2 heterocycles. The summed E-state index contributed by atoms with van der Waals surface area (Å²) in [5.41, 5.74) is 2.30. The van der Waals surface area contributed by atoms with E-state index in [-0.39, 0.29) is 0 Å². The molecule has 0 N–H and O–H groups in total. The minimum absolute atomic E-state index is 0.689. The van der Waals surface area contributed by atoms with Gasteiger partial charge in [0, 0.05) is 19.0 Å². The average Bonchev–Trinajstić information content (AvgIpc) is 2.73. The number of alkyl halides is 1. The highest BCUT2D eigenvalue weighted by Crippen LogP contribution is 2.30. The number of fused-ring (bicyclic) bond motifs is 1. The molecule has 0 aliphatic rings. The molecule has 0 spiro atoms.